The van der Waals surface area contributed by atoms with Crippen LogP contribution in [0.5, 0.6) is 0 Å². The highest BCUT2D eigenvalue weighted by molar-refractivity contribution is 5.96. The highest BCUT2D eigenvalue weighted by Crippen LogP contribution is 2.32. The van der Waals surface area contributed by atoms with Gasteiger partial charge in [-0.3, -0.25) is 4.79 Å². The van der Waals surface area contributed by atoms with Crippen molar-refractivity contribution in [1.29, 1.82) is 0 Å². The Morgan fingerprint density at radius 3 is 3.11 bits per heavy atom. The first-order valence-corrected chi connectivity index (χ1v) is 6.45. The summed E-state index contributed by atoms with van der Waals surface area (Å²) >= 11 is 0. The van der Waals surface area contributed by atoms with Gasteiger partial charge in [-0.2, -0.15) is 0 Å². The molecule has 0 aromatic heterocycles. The maximum absolute atomic E-state index is 12.2. The van der Waals surface area contributed by atoms with Crippen molar-refractivity contribution in [2.75, 3.05) is 18.0 Å². The third kappa shape index (κ3) is 2.62. The van der Waals surface area contributed by atoms with Crippen LogP contribution in [0.3, 0.4) is 0 Å². The number of nitrogens with one attached hydrogen (secondary N) is 1. The van der Waals surface area contributed by atoms with Crippen molar-refractivity contribution in [3.63, 3.8) is 0 Å². The fourth-order valence-electron chi connectivity index (χ4n) is 2.47. The molecule has 1 unspecified atom stereocenters. The molecule has 2 rings (SSSR count). The van der Waals surface area contributed by atoms with Gasteiger partial charge in [-0.1, -0.05) is 24.3 Å². The number of nitrogens with zero attached hydrogens (tertiary/aromatic N) is 1. The number of anilines is 1. The van der Waals surface area contributed by atoms with Gasteiger partial charge >= 0.3 is 0 Å². The topological polar surface area (TPSA) is 32.3 Å². The van der Waals surface area contributed by atoms with Crippen LogP contribution in [0, 0.1) is 0 Å². The van der Waals surface area contributed by atoms with Crippen molar-refractivity contribution in [1.82, 2.24) is 5.32 Å². The first-order chi connectivity index (χ1) is 8.74. The van der Waals surface area contributed by atoms with Gasteiger partial charge in [0.25, 0.3) is 0 Å². The van der Waals surface area contributed by atoms with E-state index in [1.807, 2.05) is 23.1 Å². The van der Waals surface area contributed by atoms with Crippen LogP contribution < -0.4 is 10.2 Å². The SMILES string of the molecule is C=CCNCCC(=O)N1c2ccccc2CC1C. The number of carbonyl (C=O) groups is 1. The molecular weight excluding hydrogens is 224 g/mol. The number of para-hydroxylation sites is 1. The van der Waals surface area contributed by atoms with Crippen LogP contribution in [0.15, 0.2) is 36.9 Å². The van der Waals surface area contributed by atoms with Crippen molar-refractivity contribution >= 4 is 11.6 Å². The minimum absolute atomic E-state index is 0.198. The monoisotopic (exact) mass is 244 g/mol. The number of fused-ring (bicyclic) bond motifs is 1. The highest BCUT2D eigenvalue weighted by atomic mass is 16.2. The zero-order valence-electron chi connectivity index (χ0n) is 10.9. The fourth-order valence-corrected chi connectivity index (χ4v) is 2.47. The van der Waals surface area contributed by atoms with Crippen molar-refractivity contribution < 1.29 is 4.79 Å². The Kier molecular flexibility index (Phi) is 4.15. The van der Waals surface area contributed by atoms with Crippen LogP contribution in [0.1, 0.15) is 18.9 Å². The number of rotatable bonds is 5. The Morgan fingerprint density at radius 2 is 2.33 bits per heavy atom. The predicted octanol–water partition coefficient (Wildman–Crippen LogP) is 2.13. The molecule has 3 heteroatoms. The second-order valence-electron chi connectivity index (χ2n) is 4.69. The molecule has 1 aromatic carbocycles. The van der Waals surface area contributed by atoms with Gasteiger partial charge in [0.05, 0.1) is 0 Å². The maximum Gasteiger partial charge on any atom is 0.228 e. The normalized spacial score (nSPS) is 17.6. The summed E-state index contributed by atoms with van der Waals surface area (Å²) in [7, 11) is 0. The number of amides is 1. The molecule has 0 saturated carbocycles. The fraction of sp³-hybridized carbons (Fsp3) is 0.400. The van der Waals surface area contributed by atoms with Gasteiger partial charge in [0.2, 0.25) is 5.91 Å². The van der Waals surface area contributed by atoms with E-state index in [4.69, 9.17) is 0 Å². The quantitative estimate of drug-likeness (QED) is 0.635. The first-order valence-electron chi connectivity index (χ1n) is 6.45. The van der Waals surface area contributed by atoms with E-state index in [1.54, 1.807) is 6.08 Å². The van der Waals surface area contributed by atoms with E-state index in [1.165, 1.54) is 5.56 Å². The Hall–Kier alpha value is -1.61. The molecule has 0 saturated heterocycles. The second-order valence-corrected chi connectivity index (χ2v) is 4.69. The van der Waals surface area contributed by atoms with E-state index in [2.05, 4.69) is 24.9 Å². The molecule has 1 aliphatic rings. The lowest BCUT2D eigenvalue weighted by Gasteiger charge is -2.22. The third-order valence-corrected chi connectivity index (χ3v) is 3.28. The van der Waals surface area contributed by atoms with Crippen LogP contribution >= 0.6 is 0 Å². The molecular formula is C15H20N2O. The zero-order valence-corrected chi connectivity index (χ0v) is 10.9. The smallest absolute Gasteiger partial charge is 0.228 e. The molecule has 18 heavy (non-hydrogen) atoms. The van der Waals surface area contributed by atoms with Gasteiger partial charge in [0.15, 0.2) is 0 Å². The van der Waals surface area contributed by atoms with E-state index in [9.17, 15) is 4.79 Å². The third-order valence-electron chi connectivity index (χ3n) is 3.28. The van der Waals surface area contributed by atoms with Crippen LogP contribution in [0.25, 0.3) is 0 Å². The van der Waals surface area contributed by atoms with Crippen LogP contribution in [0.4, 0.5) is 5.69 Å². The van der Waals surface area contributed by atoms with E-state index < -0.39 is 0 Å². The number of carbonyl (C=O) groups excluding carboxylic acids is 1. The number of benzene rings is 1. The van der Waals surface area contributed by atoms with Gasteiger partial charge in [-0.05, 0) is 25.0 Å². The number of hydrogen-bond donors (Lipinski definition) is 1. The summed E-state index contributed by atoms with van der Waals surface area (Å²) < 4.78 is 0. The van der Waals surface area contributed by atoms with Crippen molar-refractivity contribution in [2.24, 2.45) is 0 Å². The molecule has 96 valence electrons. The molecule has 0 radical (unpaired) electrons. The molecule has 0 bridgehead atoms. The summed E-state index contributed by atoms with van der Waals surface area (Å²) in [5.41, 5.74) is 2.36. The van der Waals surface area contributed by atoms with E-state index >= 15 is 0 Å². The Labute approximate surface area is 108 Å². The average molecular weight is 244 g/mol. The lowest BCUT2D eigenvalue weighted by Crippen LogP contribution is -2.37. The average Bonchev–Trinajstić information content (AvgIpc) is 2.70. The van der Waals surface area contributed by atoms with Crippen molar-refractivity contribution in [2.45, 2.75) is 25.8 Å². The molecule has 0 spiro atoms. The summed E-state index contributed by atoms with van der Waals surface area (Å²) in [5, 5.41) is 3.16. The maximum atomic E-state index is 12.2. The molecule has 1 amide bonds. The Balaban J connectivity index is 2.00. The largest absolute Gasteiger partial charge is 0.313 e. The summed E-state index contributed by atoms with van der Waals surface area (Å²) in [6, 6.07) is 8.44. The zero-order chi connectivity index (χ0) is 13.0. The molecule has 1 aliphatic heterocycles. The Morgan fingerprint density at radius 1 is 1.56 bits per heavy atom. The second kappa shape index (κ2) is 5.83. The highest BCUT2D eigenvalue weighted by Gasteiger charge is 2.29. The minimum atomic E-state index is 0.198. The molecule has 0 aliphatic carbocycles. The van der Waals surface area contributed by atoms with Gasteiger partial charge in [0.1, 0.15) is 0 Å². The minimum Gasteiger partial charge on any atom is -0.313 e. The first kappa shape index (κ1) is 12.8. The van der Waals surface area contributed by atoms with Gasteiger partial charge in [-0.15, -0.1) is 6.58 Å². The molecule has 1 aromatic rings. The number of hydrogen-bond acceptors (Lipinski definition) is 2. The summed E-state index contributed by atoms with van der Waals surface area (Å²) in [6.45, 7) is 7.20. The standard InChI is InChI=1S/C15H20N2O/c1-3-9-16-10-8-15(18)17-12(2)11-13-6-4-5-7-14(13)17/h3-7,12,16H,1,8-11H2,2H3. The Bertz CT molecular complexity index is 442. The molecule has 1 N–H and O–H groups in total. The molecule has 1 heterocycles. The summed E-state index contributed by atoms with van der Waals surface area (Å²) in [4.78, 5) is 14.2. The lowest BCUT2D eigenvalue weighted by molar-refractivity contribution is -0.118. The predicted molar refractivity (Wildman–Crippen MR) is 74.8 cm³/mol. The van der Waals surface area contributed by atoms with Crippen molar-refractivity contribution in [3.8, 4) is 0 Å². The van der Waals surface area contributed by atoms with Crippen LogP contribution in [0.2, 0.25) is 0 Å². The van der Waals surface area contributed by atoms with Crippen molar-refractivity contribution in [3.05, 3.63) is 42.5 Å². The molecule has 3 nitrogen and oxygen atoms in total. The van der Waals surface area contributed by atoms with Crippen LogP contribution in [-0.2, 0) is 11.2 Å². The summed E-state index contributed by atoms with van der Waals surface area (Å²) in [6.07, 6.45) is 3.30. The summed E-state index contributed by atoms with van der Waals surface area (Å²) in [5.74, 6) is 0.198. The molecule has 1 atom stereocenters. The van der Waals surface area contributed by atoms with E-state index in [-0.39, 0.29) is 11.9 Å². The van der Waals surface area contributed by atoms with Gasteiger partial charge < -0.3 is 10.2 Å². The lowest BCUT2D eigenvalue weighted by atomic mass is 10.1. The molecule has 0 fully saturated rings. The van der Waals surface area contributed by atoms with Gasteiger partial charge in [-0.25, -0.2) is 0 Å². The van der Waals surface area contributed by atoms with E-state index in [0.29, 0.717) is 13.0 Å². The van der Waals surface area contributed by atoms with Gasteiger partial charge in [0, 0.05) is 31.2 Å². The van der Waals surface area contributed by atoms with E-state index in [0.717, 1.165) is 18.7 Å². The van der Waals surface area contributed by atoms with Crippen LogP contribution in [-0.4, -0.2) is 25.0 Å².